The molecule has 2 aromatic rings. The molecule has 14 heteroatoms. The average molecular weight is 535 g/mol. The van der Waals surface area contributed by atoms with Gasteiger partial charge in [-0.15, -0.1) is 5.10 Å². The second kappa shape index (κ2) is 13.6. The number of rotatable bonds is 11. The molecule has 1 amide bonds. The molecule has 1 fully saturated rings. The predicted octanol–water partition coefficient (Wildman–Crippen LogP) is -0.528. The first-order valence-corrected chi connectivity index (χ1v) is 11.7. The highest BCUT2D eigenvalue weighted by atomic mass is 16.7. The first-order valence-electron chi connectivity index (χ1n) is 11.7. The first kappa shape index (κ1) is 28.7. The van der Waals surface area contributed by atoms with E-state index in [4.69, 9.17) is 23.7 Å². The lowest BCUT2D eigenvalue weighted by Crippen LogP contribution is -2.62. The lowest BCUT2D eigenvalue weighted by atomic mass is 9.98. The summed E-state index contributed by atoms with van der Waals surface area (Å²) in [6.45, 7) is 3.06. The molecule has 1 aliphatic rings. The minimum Gasteiger partial charge on any atom is -0.463 e. The van der Waals surface area contributed by atoms with Crippen LogP contribution in [0.2, 0.25) is 0 Å². The Morgan fingerprint density at radius 3 is 2.37 bits per heavy atom. The van der Waals surface area contributed by atoms with E-state index in [1.807, 2.05) is 30.3 Å². The normalized spacial score (nSPS) is 22.8. The van der Waals surface area contributed by atoms with Crippen LogP contribution in [0.4, 0.5) is 0 Å². The van der Waals surface area contributed by atoms with Crippen molar-refractivity contribution in [3.8, 4) is 0 Å². The summed E-state index contributed by atoms with van der Waals surface area (Å²) >= 11 is 0. The molecule has 1 aliphatic heterocycles. The molecule has 38 heavy (non-hydrogen) atoms. The fraction of sp³-hybridized carbons (Fsp3) is 0.500. The van der Waals surface area contributed by atoms with Crippen LogP contribution < -0.4 is 5.32 Å². The average Bonchev–Trinajstić information content (AvgIpc) is 3.31. The highest BCUT2D eigenvalue weighted by molar-refractivity contribution is 5.77. The largest absolute Gasteiger partial charge is 0.463 e. The van der Waals surface area contributed by atoms with Gasteiger partial charge in [-0.05, 0) is 5.56 Å². The van der Waals surface area contributed by atoms with Crippen LogP contribution in [-0.4, -0.2) is 87.8 Å². The number of nitrogens with one attached hydrogen (secondary N) is 1. The molecular weight excluding hydrogens is 504 g/mol. The Balaban J connectivity index is 1.57. The number of aliphatic hydroxyl groups excluding tert-OH is 1. The van der Waals surface area contributed by atoms with Crippen LogP contribution in [0.3, 0.4) is 0 Å². The van der Waals surface area contributed by atoms with Crippen LogP contribution in [-0.2, 0) is 56.0 Å². The molecule has 0 radical (unpaired) electrons. The molecule has 3 rings (SSSR count). The van der Waals surface area contributed by atoms with Crippen molar-refractivity contribution in [3.63, 3.8) is 0 Å². The fourth-order valence-corrected chi connectivity index (χ4v) is 3.69. The molecule has 0 saturated carbocycles. The van der Waals surface area contributed by atoms with Crippen molar-refractivity contribution in [1.82, 2.24) is 20.3 Å². The van der Waals surface area contributed by atoms with Gasteiger partial charge in [-0.1, -0.05) is 35.5 Å². The van der Waals surface area contributed by atoms with E-state index in [0.29, 0.717) is 12.2 Å². The molecule has 14 nitrogen and oxygen atoms in total. The van der Waals surface area contributed by atoms with Crippen molar-refractivity contribution >= 4 is 23.8 Å². The summed E-state index contributed by atoms with van der Waals surface area (Å²) in [6, 6.07) is 9.67. The summed E-state index contributed by atoms with van der Waals surface area (Å²) in [6.07, 6.45) is -5.24. The highest BCUT2D eigenvalue weighted by Gasteiger charge is 2.50. The van der Waals surface area contributed by atoms with Crippen molar-refractivity contribution in [2.45, 2.75) is 64.6 Å². The van der Waals surface area contributed by atoms with Gasteiger partial charge in [-0.25, -0.2) is 4.68 Å². The van der Waals surface area contributed by atoms with Crippen molar-refractivity contribution < 1.29 is 48.0 Å². The van der Waals surface area contributed by atoms with E-state index in [0.717, 1.165) is 19.4 Å². The standard InChI is InChI=1S/C24H30N4O10/c1-14(29)34-12-19-22(36-15(2)30)23(37-16(3)31)21(33)24(38-19)35-13-20(32)25-9-18-11-28(27-26-18)10-17-7-5-4-6-8-17/h4-8,11,19,21-24,33H,9-10,12-13H2,1-3H3,(H,25,32)/t19-,21-,22-,23-,24-/m1/s1. The minimum absolute atomic E-state index is 0.0741. The fourth-order valence-electron chi connectivity index (χ4n) is 3.69. The highest BCUT2D eigenvalue weighted by Crippen LogP contribution is 2.27. The summed E-state index contributed by atoms with van der Waals surface area (Å²) in [5, 5.41) is 21.4. The molecular formula is C24H30N4O10. The zero-order valence-electron chi connectivity index (χ0n) is 21.1. The van der Waals surface area contributed by atoms with E-state index in [1.165, 1.54) is 6.92 Å². The number of amides is 1. The Bertz CT molecular complexity index is 1110. The summed E-state index contributed by atoms with van der Waals surface area (Å²) in [5.41, 5.74) is 1.56. The van der Waals surface area contributed by atoms with Crippen LogP contribution in [0.1, 0.15) is 32.0 Å². The molecule has 0 aliphatic carbocycles. The van der Waals surface area contributed by atoms with Gasteiger partial charge in [-0.2, -0.15) is 0 Å². The molecule has 206 valence electrons. The van der Waals surface area contributed by atoms with Gasteiger partial charge in [0, 0.05) is 20.8 Å². The van der Waals surface area contributed by atoms with Gasteiger partial charge in [0.15, 0.2) is 18.5 Å². The third-order valence-electron chi connectivity index (χ3n) is 5.29. The van der Waals surface area contributed by atoms with E-state index in [-0.39, 0.29) is 13.2 Å². The molecule has 0 bridgehead atoms. The maximum absolute atomic E-state index is 12.4. The van der Waals surface area contributed by atoms with Gasteiger partial charge >= 0.3 is 17.9 Å². The smallest absolute Gasteiger partial charge is 0.303 e. The number of esters is 3. The predicted molar refractivity (Wildman–Crippen MR) is 126 cm³/mol. The molecule has 1 saturated heterocycles. The first-order chi connectivity index (χ1) is 18.1. The van der Waals surface area contributed by atoms with Crippen molar-refractivity contribution in [1.29, 1.82) is 0 Å². The Labute approximate surface area is 218 Å². The SMILES string of the molecule is CC(=O)OC[C@H]1O[C@@H](OCC(=O)NCc2cn(Cc3ccccc3)nn2)[C@H](O)[C@@H](OC(C)=O)[C@@H]1OC(C)=O. The summed E-state index contributed by atoms with van der Waals surface area (Å²) in [7, 11) is 0. The van der Waals surface area contributed by atoms with E-state index in [1.54, 1.807) is 10.9 Å². The maximum atomic E-state index is 12.4. The van der Waals surface area contributed by atoms with E-state index < -0.39 is 61.1 Å². The van der Waals surface area contributed by atoms with Gasteiger partial charge in [0.05, 0.1) is 19.3 Å². The number of aliphatic hydroxyl groups is 1. The summed E-state index contributed by atoms with van der Waals surface area (Å²) < 4.78 is 28.0. The van der Waals surface area contributed by atoms with Crippen LogP contribution in [0.5, 0.6) is 0 Å². The zero-order valence-corrected chi connectivity index (χ0v) is 21.1. The maximum Gasteiger partial charge on any atom is 0.303 e. The van der Waals surface area contributed by atoms with Gasteiger partial charge in [-0.3, -0.25) is 19.2 Å². The van der Waals surface area contributed by atoms with E-state index >= 15 is 0 Å². The number of aromatic nitrogens is 3. The van der Waals surface area contributed by atoms with Gasteiger partial charge in [0.25, 0.3) is 0 Å². The minimum atomic E-state index is -1.62. The quantitative estimate of drug-likeness (QED) is 0.279. The van der Waals surface area contributed by atoms with Gasteiger partial charge in [0.2, 0.25) is 5.91 Å². The molecule has 1 aromatic carbocycles. The number of hydrogen-bond acceptors (Lipinski definition) is 12. The van der Waals surface area contributed by atoms with Gasteiger partial charge in [0.1, 0.15) is 31.1 Å². The van der Waals surface area contributed by atoms with Crippen LogP contribution in [0, 0.1) is 0 Å². The Morgan fingerprint density at radius 2 is 1.71 bits per heavy atom. The van der Waals surface area contributed by atoms with Crippen molar-refractivity contribution in [2.24, 2.45) is 0 Å². The second-order valence-electron chi connectivity index (χ2n) is 8.46. The summed E-state index contributed by atoms with van der Waals surface area (Å²) in [4.78, 5) is 46.9. The zero-order chi connectivity index (χ0) is 27.7. The Hall–Kier alpha value is -3.88. The number of carbonyl (C=O) groups is 4. The Morgan fingerprint density at radius 1 is 1.03 bits per heavy atom. The third kappa shape index (κ3) is 8.61. The summed E-state index contributed by atoms with van der Waals surface area (Å²) in [5.74, 6) is -2.70. The second-order valence-corrected chi connectivity index (χ2v) is 8.46. The van der Waals surface area contributed by atoms with Crippen LogP contribution in [0.15, 0.2) is 36.5 Å². The Kier molecular flexibility index (Phi) is 10.3. The molecule has 5 atom stereocenters. The topological polar surface area (TPSA) is 177 Å². The van der Waals surface area contributed by atoms with E-state index in [2.05, 4.69) is 15.6 Å². The molecule has 0 unspecified atom stereocenters. The van der Waals surface area contributed by atoms with Gasteiger partial charge < -0.3 is 34.1 Å². The molecule has 0 spiro atoms. The molecule has 2 N–H and O–H groups in total. The lowest BCUT2D eigenvalue weighted by Gasteiger charge is -2.42. The van der Waals surface area contributed by atoms with Crippen LogP contribution in [0.25, 0.3) is 0 Å². The van der Waals surface area contributed by atoms with Crippen LogP contribution >= 0.6 is 0 Å². The third-order valence-corrected chi connectivity index (χ3v) is 5.29. The number of benzene rings is 1. The molecule has 1 aromatic heterocycles. The number of nitrogens with zero attached hydrogens (tertiary/aromatic N) is 3. The number of ether oxygens (including phenoxy) is 5. The van der Waals surface area contributed by atoms with Crippen molar-refractivity contribution in [3.05, 3.63) is 47.8 Å². The molecule has 2 heterocycles. The number of hydrogen-bond donors (Lipinski definition) is 2. The monoisotopic (exact) mass is 534 g/mol. The van der Waals surface area contributed by atoms with E-state index in [9.17, 15) is 24.3 Å². The lowest BCUT2D eigenvalue weighted by molar-refractivity contribution is -0.304. The number of carbonyl (C=O) groups excluding carboxylic acids is 4. The van der Waals surface area contributed by atoms with Crippen molar-refractivity contribution in [2.75, 3.05) is 13.2 Å².